The maximum atomic E-state index is 5.93. The average molecular weight is 256 g/mol. The van der Waals surface area contributed by atoms with E-state index in [2.05, 4.69) is 18.2 Å². The predicted octanol–water partition coefficient (Wildman–Crippen LogP) is 4.24. The van der Waals surface area contributed by atoms with E-state index in [1.54, 1.807) is 0 Å². The van der Waals surface area contributed by atoms with Crippen molar-refractivity contribution in [2.75, 3.05) is 5.32 Å². The van der Waals surface area contributed by atoms with E-state index in [1.807, 2.05) is 42.5 Å². The molecule has 1 N–H and O–H groups in total. The molecule has 0 aromatic heterocycles. The summed E-state index contributed by atoms with van der Waals surface area (Å²) >= 11 is 5.93. The highest BCUT2D eigenvalue weighted by Gasteiger charge is 1.99. The third kappa shape index (κ3) is 3.06. The van der Waals surface area contributed by atoms with Gasteiger partial charge in [-0.15, -0.1) is 6.42 Å². The van der Waals surface area contributed by atoms with Crippen LogP contribution >= 0.6 is 11.6 Å². The number of hydrogen-bond acceptors (Lipinski definition) is 1. The van der Waals surface area contributed by atoms with E-state index in [0.717, 1.165) is 22.8 Å². The molecule has 0 unspecified atom stereocenters. The van der Waals surface area contributed by atoms with Gasteiger partial charge < -0.3 is 5.32 Å². The summed E-state index contributed by atoms with van der Waals surface area (Å²) in [6.45, 7) is 2.82. The Balaban J connectivity index is 2.09. The minimum absolute atomic E-state index is 0.761. The number of rotatable bonds is 3. The Hall–Kier alpha value is -1.91. The fourth-order valence-electron chi connectivity index (χ4n) is 1.77. The molecule has 0 amide bonds. The van der Waals surface area contributed by atoms with Gasteiger partial charge in [0.15, 0.2) is 0 Å². The van der Waals surface area contributed by atoms with Crippen LogP contribution in [0.4, 0.5) is 5.69 Å². The molecule has 18 heavy (non-hydrogen) atoms. The summed E-state index contributed by atoms with van der Waals surface area (Å²) in [4.78, 5) is 0. The number of halogens is 1. The average Bonchev–Trinajstić information content (AvgIpc) is 2.38. The molecule has 0 spiro atoms. The summed E-state index contributed by atoms with van der Waals surface area (Å²) in [6, 6.07) is 13.7. The first kappa shape index (κ1) is 12.5. The molecule has 0 aliphatic rings. The lowest BCUT2D eigenvalue weighted by molar-refractivity contribution is 1.12. The van der Waals surface area contributed by atoms with Crippen LogP contribution < -0.4 is 5.32 Å². The van der Waals surface area contributed by atoms with Crippen LogP contribution in [0.3, 0.4) is 0 Å². The Bertz CT molecular complexity index is 596. The second-order valence-corrected chi connectivity index (χ2v) is 4.59. The van der Waals surface area contributed by atoms with Crippen molar-refractivity contribution < 1.29 is 0 Å². The lowest BCUT2D eigenvalue weighted by Crippen LogP contribution is -2.01. The molecule has 0 atom stereocenters. The Morgan fingerprint density at radius 2 is 2.06 bits per heavy atom. The highest BCUT2D eigenvalue weighted by molar-refractivity contribution is 6.30. The molecule has 0 fully saturated rings. The Morgan fingerprint density at radius 3 is 2.78 bits per heavy atom. The first-order chi connectivity index (χ1) is 8.69. The summed E-state index contributed by atoms with van der Waals surface area (Å²) in [5, 5.41) is 4.13. The third-order valence-electron chi connectivity index (χ3n) is 2.82. The van der Waals surface area contributed by atoms with Gasteiger partial charge in [0.2, 0.25) is 0 Å². The van der Waals surface area contributed by atoms with Gasteiger partial charge in [0, 0.05) is 22.8 Å². The van der Waals surface area contributed by atoms with E-state index in [-0.39, 0.29) is 0 Å². The van der Waals surface area contributed by atoms with Crippen LogP contribution in [0.5, 0.6) is 0 Å². The molecule has 2 rings (SSSR count). The second kappa shape index (κ2) is 5.62. The quantitative estimate of drug-likeness (QED) is 0.809. The van der Waals surface area contributed by atoms with Gasteiger partial charge in [0.25, 0.3) is 0 Å². The molecular weight excluding hydrogens is 242 g/mol. The van der Waals surface area contributed by atoms with E-state index >= 15 is 0 Å². The van der Waals surface area contributed by atoms with E-state index in [9.17, 15) is 0 Å². The van der Waals surface area contributed by atoms with Crippen molar-refractivity contribution in [1.82, 2.24) is 0 Å². The zero-order valence-electron chi connectivity index (χ0n) is 10.2. The van der Waals surface area contributed by atoms with E-state index in [0.29, 0.717) is 0 Å². The van der Waals surface area contributed by atoms with Crippen LogP contribution in [-0.2, 0) is 6.54 Å². The second-order valence-electron chi connectivity index (χ2n) is 4.15. The maximum absolute atomic E-state index is 5.93. The minimum atomic E-state index is 0.761. The normalized spacial score (nSPS) is 9.83. The molecule has 2 heteroatoms. The van der Waals surface area contributed by atoms with Crippen molar-refractivity contribution in [3.8, 4) is 12.3 Å². The number of aryl methyl sites for hydroxylation is 1. The molecule has 0 radical (unpaired) electrons. The summed E-state index contributed by atoms with van der Waals surface area (Å²) in [5.74, 6) is 2.63. The van der Waals surface area contributed by atoms with Crippen LogP contribution in [0, 0.1) is 19.3 Å². The van der Waals surface area contributed by atoms with Gasteiger partial charge in [-0.05, 0) is 48.4 Å². The molecule has 0 heterocycles. The van der Waals surface area contributed by atoms with Crippen LogP contribution in [0.25, 0.3) is 0 Å². The topological polar surface area (TPSA) is 12.0 Å². The lowest BCUT2D eigenvalue weighted by Gasteiger charge is -2.09. The first-order valence-electron chi connectivity index (χ1n) is 5.74. The molecule has 90 valence electrons. The van der Waals surface area contributed by atoms with Gasteiger partial charge in [-0.25, -0.2) is 0 Å². The molecular formula is C16H14ClN. The highest BCUT2D eigenvalue weighted by atomic mass is 35.5. The molecule has 0 saturated heterocycles. The first-order valence-corrected chi connectivity index (χ1v) is 6.12. The maximum Gasteiger partial charge on any atom is 0.0408 e. The fourth-order valence-corrected chi connectivity index (χ4v) is 2.00. The molecule has 0 saturated carbocycles. The molecule has 0 bridgehead atoms. The van der Waals surface area contributed by atoms with E-state index in [1.165, 1.54) is 11.1 Å². The zero-order valence-corrected chi connectivity index (χ0v) is 11.0. The van der Waals surface area contributed by atoms with Crippen molar-refractivity contribution >= 4 is 17.3 Å². The lowest BCUT2D eigenvalue weighted by atomic mass is 10.1. The van der Waals surface area contributed by atoms with Crippen molar-refractivity contribution in [3.63, 3.8) is 0 Å². The van der Waals surface area contributed by atoms with Crippen LogP contribution in [0.2, 0.25) is 5.02 Å². The van der Waals surface area contributed by atoms with E-state index in [4.69, 9.17) is 18.0 Å². The highest BCUT2D eigenvalue weighted by Crippen LogP contribution is 2.17. The summed E-state index contributed by atoms with van der Waals surface area (Å²) in [6.07, 6.45) is 5.37. The summed E-state index contributed by atoms with van der Waals surface area (Å²) < 4.78 is 0. The molecule has 0 aliphatic carbocycles. The number of anilines is 1. The van der Waals surface area contributed by atoms with Gasteiger partial charge in [-0.1, -0.05) is 29.7 Å². The Labute approximate surface area is 113 Å². The molecule has 2 aromatic rings. The van der Waals surface area contributed by atoms with Gasteiger partial charge in [-0.3, -0.25) is 0 Å². The predicted molar refractivity (Wildman–Crippen MR) is 77.9 cm³/mol. The summed E-state index contributed by atoms with van der Waals surface area (Å²) in [7, 11) is 0. The van der Waals surface area contributed by atoms with Crippen LogP contribution in [0.15, 0.2) is 42.5 Å². The standard InChI is InChI=1S/C16H14ClN/c1-3-13-5-4-6-16(10-13)18-11-14-7-8-15(17)9-12(14)2/h1,4-10,18H,11H2,2H3. The molecule has 2 aromatic carbocycles. The van der Waals surface area contributed by atoms with E-state index < -0.39 is 0 Å². The molecule has 0 aliphatic heterocycles. The van der Waals surface area contributed by atoms with Gasteiger partial charge in [0.05, 0.1) is 0 Å². The van der Waals surface area contributed by atoms with Gasteiger partial charge in [0.1, 0.15) is 0 Å². The fraction of sp³-hybridized carbons (Fsp3) is 0.125. The van der Waals surface area contributed by atoms with Crippen molar-refractivity contribution in [2.45, 2.75) is 13.5 Å². The Morgan fingerprint density at radius 1 is 1.22 bits per heavy atom. The Kier molecular flexibility index (Phi) is 3.92. The minimum Gasteiger partial charge on any atom is -0.381 e. The summed E-state index contributed by atoms with van der Waals surface area (Å²) in [5.41, 5.74) is 4.32. The van der Waals surface area contributed by atoms with Crippen molar-refractivity contribution in [1.29, 1.82) is 0 Å². The smallest absolute Gasteiger partial charge is 0.0408 e. The largest absolute Gasteiger partial charge is 0.381 e. The number of nitrogens with one attached hydrogen (secondary N) is 1. The van der Waals surface area contributed by atoms with Gasteiger partial charge >= 0.3 is 0 Å². The zero-order chi connectivity index (χ0) is 13.0. The molecule has 1 nitrogen and oxygen atoms in total. The third-order valence-corrected chi connectivity index (χ3v) is 3.05. The van der Waals surface area contributed by atoms with Gasteiger partial charge in [-0.2, -0.15) is 0 Å². The van der Waals surface area contributed by atoms with Crippen molar-refractivity contribution in [2.24, 2.45) is 0 Å². The van der Waals surface area contributed by atoms with Crippen LogP contribution in [-0.4, -0.2) is 0 Å². The van der Waals surface area contributed by atoms with Crippen molar-refractivity contribution in [3.05, 3.63) is 64.2 Å². The van der Waals surface area contributed by atoms with Crippen LogP contribution in [0.1, 0.15) is 16.7 Å². The number of terminal acetylenes is 1. The number of hydrogen-bond donors (Lipinski definition) is 1. The SMILES string of the molecule is C#Cc1cccc(NCc2ccc(Cl)cc2C)c1. The monoisotopic (exact) mass is 255 g/mol. The number of benzene rings is 2.